The molecule has 1 aromatic carbocycles. The molecule has 0 aliphatic rings. The molecule has 0 saturated heterocycles. The van der Waals surface area contributed by atoms with Crippen LogP contribution in [0.3, 0.4) is 0 Å². The summed E-state index contributed by atoms with van der Waals surface area (Å²) >= 11 is 5.38. The third-order valence-electron chi connectivity index (χ3n) is 3.41. The molecule has 0 radical (unpaired) electrons. The van der Waals surface area contributed by atoms with Crippen LogP contribution in [0.25, 0.3) is 11.5 Å². The number of nitrogens with one attached hydrogen (secondary N) is 1. The average molecular weight is 296 g/mol. The quantitative estimate of drug-likeness (QED) is 0.745. The zero-order chi connectivity index (χ0) is 14.7. The maximum absolute atomic E-state index is 5.38. The second-order valence-corrected chi connectivity index (χ2v) is 5.36. The van der Waals surface area contributed by atoms with E-state index in [0.717, 1.165) is 17.9 Å². The molecule has 3 aromatic rings. The molecular formula is C16H16N4S. The second kappa shape index (κ2) is 6.01. The van der Waals surface area contributed by atoms with E-state index < -0.39 is 0 Å². The largest absolute Gasteiger partial charge is 0.296 e. The third-order valence-corrected chi connectivity index (χ3v) is 3.70. The van der Waals surface area contributed by atoms with Crippen LogP contribution in [-0.4, -0.2) is 19.7 Å². The molecule has 0 bridgehead atoms. The predicted molar refractivity (Wildman–Crippen MR) is 85.5 cm³/mol. The van der Waals surface area contributed by atoms with Crippen molar-refractivity contribution in [1.82, 2.24) is 19.7 Å². The lowest BCUT2D eigenvalue weighted by Crippen LogP contribution is -2.10. The summed E-state index contributed by atoms with van der Waals surface area (Å²) < 4.78 is 2.66. The number of pyridine rings is 1. The number of aromatic amines is 1. The summed E-state index contributed by atoms with van der Waals surface area (Å²) in [6.07, 6.45) is 2.66. The summed E-state index contributed by atoms with van der Waals surface area (Å²) in [7, 11) is 0. The monoisotopic (exact) mass is 296 g/mol. The minimum Gasteiger partial charge on any atom is -0.296 e. The number of nitrogens with zero attached hydrogens (tertiary/aromatic N) is 3. The number of benzene rings is 1. The Morgan fingerprint density at radius 3 is 2.62 bits per heavy atom. The standard InChI is InChI=1S/C16H16N4S/c1-12(11-13-7-3-2-4-8-13)20-15(18-19-16(20)21)14-9-5-6-10-17-14/h2-10,12H,11H2,1H3,(H,19,21). The molecule has 0 amide bonds. The van der Waals surface area contributed by atoms with Gasteiger partial charge in [-0.05, 0) is 43.3 Å². The van der Waals surface area contributed by atoms with Crippen LogP contribution in [0.5, 0.6) is 0 Å². The normalized spacial score (nSPS) is 12.2. The lowest BCUT2D eigenvalue weighted by molar-refractivity contribution is 0.541. The molecule has 0 aliphatic carbocycles. The Morgan fingerprint density at radius 1 is 1.14 bits per heavy atom. The summed E-state index contributed by atoms with van der Waals surface area (Å²) in [5.41, 5.74) is 2.10. The predicted octanol–water partition coefficient (Wildman–Crippen LogP) is 3.81. The Kier molecular flexibility index (Phi) is 3.92. The van der Waals surface area contributed by atoms with Gasteiger partial charge in [-0.2, -0.15) is 5.10 Å². The summed E-state index contributed by atoms with van der Waals surface area (Å²) in [4.78, 5) is 4.36. The van der Waals surface area contributed by atoms with Crippen LogP contribution in [0.4, 0.5) is 0 Å². The SMILES string of the molecule is CC(Cc1ccccc1)n1c(-c2ccccn2)n[nH]c1=S. The lowest BCUT2D eigenvalue weighted by Gasteiger charge is -2.15. The fraction of sp³-hybridized carbons (Fsp3) is 0.188. The van der Waals surface area contributed by atoms with Gasteiger partial charge in [-0.15, -0.1) is 0 Å². The molecule has 1 unspecified atom stereocenters. The molecule has 0 saturated carbocycles. The van der Waals surface area contributed by atoms with Gasteiger partial charge in [0, 0.05) is 12.2 Å². The van der Waals surface area contributed by atoms with Gasteiger partial charge in [-0.3, -0.25) is 14.6 Å². The van der Waals surface area contributed by atoms with Crippen LogP contribution >= 0.6 is 12.2 Å². The van der Waals surface area contributed by atoms with E-state index >= 15 is 0 Å². The highest BCUT2D eigenvalue weighted by Gasteiger charge is 2.15. The summed E-state index contributed by atoms with van der Waals surface area (Å²) in [5, 5.41) is 7.21. The van der Waals surface area contributed by atoms with E-state index in [1.807, 2.05) is 28.8 Å². The van der Waals surface area contributed by atoms with E-state index in [1.165, 1.54) is 5.56 Å². The first-order valence-electron chi connectivity index (χ1n) is 6.88. The van der Waals surface area contributed by atoms with E-state index in [-0.39, 0.29) is 6.04 Å². The van der Waals surface area contributed by atoms with Crippen LogP contribution in [0.1, 0.15) is 18.5 Å². The Hall–Kier alpha value is -2.27. The third kappa shape index (κ3) is 2.92. The van der Waals surface area contributed by atoms with Crippen molar-refractivity contribution in [3.8, 4) is 11.5 Å². The smallest absolute Gasteiger partial charge is 0.195 e. The number of rotatable bonds is 4. The van der Waals surface area contributed by atoms with Crippen molar-refractivity contribution in [3.05, 3.63) is 65.1 Å². The molecule has 5 heteroatoms. The summed E-state index contributed by atoms with van der Waals surface area (Å²) in [6, 6.07) is 16.4. The van der Waals surface area contributed by atoms with Gasteiger partial charge in [0.25, 0.3) is 0 Å². The molecule has 2 aromatic heterocycles. The lowest BCUT2D eigenvalue weighted by atomic mass is 10.1. The van der Waals surface area contributed by atoms with Gasteiger partial charge < -0.3 is 0 Å². The molecule has 1 atom stereocenters. The molecule has 0 aliphatic heterocycles. The van der Waals surface area contributed by atoms with Crippen molar-refractivity contribution in [2.75, 3.05) is 0 Å². The Balaban J connectivity index is 1.95. The zero-order valence-corrected chi connectivity index (χ0v) is 12.5. The fourth-order valence-corrected chi connectivity index (χ4v) is 2.75. The minimum atomic E-state index is 0.204. The highest BCUT2D eigenvalue weighted by molar-refractivity contribution is 7.71. The van der Waals surface area contributed by atoms with Crippen LogP contribution in [0.15, 0.2) is 54.7 Å². The fourth-order valence-electron chi connectivity index (χ4n) is 2.44. The Bertz CT molecular complexity index is 762. The zero-order valence-electron chi connectivity index (χ0n) is 11.7. The van der Waals surface area contributed by atoms with Crippen LogP contribution in [0, 0.1) is 4.77 Å². The van der Waals surface area contributed by atoms with Gasteiger partial charge in [0.2, 0.25) is 0 Å². The van der Waals surface area contributed by atoms with Crippen LogP contribution < -0.4 is 0 Å². The number of hydrogen-bond donors (Lipinski definition) is 1. The van der Waals surface area contributed by atoms with Gasteiger partial charge in [-0.1, -0.05) is 36.4 Å². The van der Waals surface area contributed by atoms with E-state index in [4.69, 9.17) is 12.2 Å². The number of aromatic nitrogens is 4. The first kappa shape index (κ1) is 13.7. The first-order valence-corrected chi connectivity index (χ1v) is 7.29. The molecule has 3 rings (SSSR count). The summed E-state index contributed by atoms with van der Waals surface area (Å²) in [5.74, 6) is 0.782. The average Bonchev–Trinajstić information content (AvgIpc) is 2.91. The number of hydrogen-bond acceptors (Lipinski definition) is 3. The van der Waals surface area contributed by atoms with Crippen molar-refractivity contribution < 1.29 is 0 Å². The highest BCUT2D eigenvalue weighted by atomic mass is 32.1. The van der Waals surface area contributed by atoms with E-state index in [9.17, 15) is 0 Å². The topological polar surface area (TPSA) is 46.5 Å². The molecule has 0 fully saturated rings. The molecule has 2 heterocycles. The van der Waals surface area contributed by atoms with Crippen LogP contribution in [-0.2, 0) is 6.42 Å². The highest BCUT2D eigenvalue weighted by Crippen LogP contribution is 2.21. The van der Waals surface area contributed by atoms with Crippen molar-refractivity contribution in [3.63, 3.8) is 0 Å². The van der Waals surface area contributed by atoms with Crippen LogP contribution in [0.2, 0.25) is 0 Å². The van der Waals surface area contributed by atoms with Gasteiger partial charge >= 0.3 is 0 Å². The molecule has 0 spiro atoms. The van der Waals surface area contributed by atoms with E-state index in [1.54, 1.807) is 6.20 Å². The van der Waals surface area contributed by atoms with Crippen molar-refractivity contribution in [1.29, 1.82) is 0 Å². The second-order valence-electron chi connectivity index (χ2n) is 4.98. The minimum absolute atomic E-state index is 0.204. The van der Waals surface area contributed by atoms with Gasteiger partial charge in [0.15, 0.2) is 10.6 Å². The molecule has 4 nitrogen and oxygen atoms in total. The van der Waals surface area contributed by atoms with Crippen molar-refractivity contribution in [2.45, 2.75) is 19.4 Å². The maximum atomic E-state index is 5.38. The first-order chi connectivity index (χ1) is 10.3. The number of H-pyrrole nitrogens is 1. The van der Waals surface area contributed by atoms with Crippen molar-refractivity contribution >= 4 is 12.2 Å². The molecular weight excluding hydrogens is 280 g/mol. The maximum Gasteiger partial charge on any atom is 0.195 e. The summed E-state index contributed by atoms with van der Waals surface area (Å²) in [6.45, 7) is 2.14. The van der Waals surface area contributed by atoms with Gasteiger partial charge in [0.1, 0.15) is 5.69 Å². The Morgan fingerprint density at radius 2 is 1.90 bits per heavy atom. The van der Waals surface area contributed by atoms with Gasteiger partial charge in [0.05, 0.1) is 0 Å². The Labute approximate surface area is 128 Å². The van der Waals surface area contributed by atoms with Crippen molar-refractivity contribution in [2.24, 2.45) is 0 Å². The molecule has 21 heavy (non-hydrogen) atoms. The van der Waals surface area contributed by atoms with E-state index in [0.29, 0.717) is 4.77 Å². The molecule has 1 N–H and O–H groups in total. The van der Waals surface area contributed by atoms with Gasteiger partial charge in [-0.25, -0.2) is 0 Å². The van der Waals surface area contributed by atoms with E-state index in [2.05, 4.69) is 46.4 Å². The molecule has 106 valence electrons.